The quantitative estimate of drug-likeness (QED) is 0.750. The van der Waals surface area contributed by atoms with Crippen LogP contribution in [0.4, 0.5) is 0 Å². The van der Waals surface area contributed by atoms with Gasteiger partial charge in [0.05, 0.1) is 5.75 Å². The van der Waals surface area contributed by atoms with E-state index in [1.165, 1.54) is 10.5 Å². The highest BCUT2D eigenvalue weighted by molar-refractivity contribution is 7.99. The Hall–Kier alpha value is -0.520. The largest absolute Gasteiger partial charge is 0.327 e. The molecule has 3 nitrogen and oxygen atoms in total. The van der Waals surface area contributed by atoms with E-state index in [0.717, 1.165) is 12.2 Å². The molecule has 0 aromatic heterocycles. The number of aryl methyl sites for hydroxylation is 1. The molecule has 1 unspecified atom stereocenters. The third kappa shape index (κ3) is 6.45. The fourth-order valence-electron chi connectivity index (χ4n) is 1.71. The van der Waals surface area contributed by atoms with Gasteiger partial charge in [-0.25, -0.2) is 8.42 Å². The highest BCUT2D eigenvalue weighted by atomic mass is 32.2. The molecule has 1 aromatic rings. The van der Waals surface area contributed by atoms with Crippen molar-refractivity contribution in [1.29, 1.82) is 0 Å². The molecular weight excluding hydrogens is 278 g/mol. The minimum absolute atomic E-state index is 0.0525. The first-order chi connectivity index (χ1) is 8.94. The molecule has 108 valence electrons. The summed E-state index contributed by atoms with van der Waals surface area (Å²) in [6.45, 7) is 3.77. The van der Waals surface area contributed by atoms with Gasteiger partial charge in [0.1, 0.15) is 9.84 Å². The maximum atomic E-state index is 11.4. The third-order valence-corrected chi connectivity index (χ3v) is 6.17. The fourth-order valence-corrected chi connectivity index (χ4v) is 3.63. The van der Waals surface area contributed by atoms with Gasteiger partial charge in [-0.1, -0.05) is 25.1 Å². The maximum absolute atomic E-state index is 11.4. The summed E-state index contributed by atoms with van der Waals surface area (Å²) >= 11 is 1.74. The van der Waals surface area contributed by atoms with Crippen LogP contribution in [0.15, 0.2) is 29.2 Å². The lowest BCUT2D eigenvalue weighted by molar-refractivity contribution is 0.587. The first-order valence-electron chi connectivity index (χ1n) is 6.59. The van der Waals surface area contributed by atoms with Gasteiger partial charge in [0, 0.05) is 22.4 Å². The molecule has 0 aliphatic carbocycles. The molecule has 5 heteroatoms. The van der Waals surface area contributed by atoms with Crippen LogP contribution in [0.3, 0.4) is 0 Å². The van der Waals surface area contributed by atoms with E-state index >= 15 is 0 Å². The van der Waals surface area contributed by atoms with Gasteiger partial charge in [0.15, 0.2) is 0 Å². The van der Waals surface area contributed by atoms with Gasteiger partial charge in [-0.15, -0.1) is 11.8 Å². The minimum Gasteiger partial charge on any atom is -0.327 e. The second kappa shape index (κ2) is 7.92. The van der Waals surface area contributed by atoms with Crippen molar-refractivity contribution in [2.75, 3.05) is 17.3 Å². The van der Waals surface area contributed by atoms with Crippen LogP contribution in [-0.2, 0) is 9.84 Å². The lowest BCUT2D eigenvalue weighted by Crippen LogP contribution is -2.24. The number of benzene rings is 1. The Kier molecular flexibility index (Phi) is 6.89. The highest BCUT2D eigenvalue weighted by Crippen LogP contribution is 2.22. The second-order valence-electron chi connectivity index (χ2n) is 4.72. The van der Waals surface area contributed by atoms with Crippen LogP contribution in [0, 0.1) is 6.92 Å². The molecule has 0 bridgehead atoms. The molecule has 2 N–H and O–H groups in total. The molecule has 0 radical (unpaired) electrons. The van der Waals surface area contributed by atoms with Gasteiger partial charge in [0.25, 0.3) is 0 Å². The summed E-state index contributed by atoms with van der Waals surface area (Å²) in [5.74, 6) is 1.31. The molecule has 1 aromatic carbocycles. The molecule has 1 rings (SSSR count). The van der Waals surface area contributed by atoms with Crippen molar-refractivity contribution in [3.05, 3.63) is 29.8 Å². The van der Waals surface area contributed by atoms with E-state index in [2.05, 4.69) is 19.1 Å². The molecule has 19 heavy (non-hydrogen) atoms. The Labute approximate surface area is 120 Å². The van der Waals surface area contributed by atoms with Crippen molar-refractivity contribution in [3.63, 3.8) is 0 Å². The van der Waals surface area contributed by atoms with E-state index in [4.69, 9.17) is 5.73 Å². The lowest BCUT2D eigenvalue weighted by Gasteiger charge is -2.12. The van der Waals surface area contributed by atoms with Crippen molar-refractivity contribution in [3.8, 4) is 0 Å². The number of hydrogen-bond donors (Lipinski definition) is 1. The highest BCUT2D eigenvalue weighted by Gasteiger charge is 2.10. The Morgan fingerprint density at radius 1 is 1.32 bits per heavy atom. The van der Waals surface area contributed by atoms with E-state index in [-0.39, 0.29) is 17.5 Å². The van der Waals surface area contributed by atoms with Crippen molar-refractivity contribution >= 4 is 21.6 Å². The Balaban J connectivity index is 2.29. The normalized spacial score (nSPS) is 13.4. The Morgan fingerprint density at radius 2 is 2.00 bits per heavy atom. The summed E-state index contributed by atoms with van der Waals surface area (Å²) in [4.78, 5) is 1.25. The third-order valence-electron chi connectivity index (χ3n) is 3.02. The summed E-state index contributed by atoms with van der Waals surface area (Å²) < 4.78 is 22.7. The predicted octanol–water partition coefficient (Wildman–Crippen LogP) is 2.63. The molecule has 0 saturated carbocycles. The van der Waals surface area contributed by atoms with Crippen molar-refractivity contribution in [2.24, 2.45) is 5.73 Å². The van der Waals surface area contributed by atoms with Crippen LogP contribution in [-0.4, -0.2) is 31.7 Å². The Bertz CT molecular complexity index is 486. The molecule has 0 fully saturated rings. The van der Waals surface area contributed by atoms with Crippen molar-refractivity contribution in [1.82, 2.24) is 0 Å². The lowest BCUT2D eigenvalue weighted by atomic mass is 10.2. The Morgan fingerprint density at radius 3 is 2.63 bits per heavy atom. The topological polar surface area (TPSA) is 60.2 Å². The van der Waals surface area contributed by atoms with Gasteiger partial charge in [0.2, 0.25) is 0 Å². The molecular formula is C14H23NO2S2. The zero-order valence-electron chi connectivity index (χ0n) is 11.6. The molecule has 1 atom stereocenters. The van der Waals surface area contributed by atoms with Gasteiger partial charge in [-0.05, 0) is 31.4 Å². The second-order valence-corrected chi connectivity index (χ2v) is 8.25. The van der Waals surface area contributed by atoms with E-state index in [0.29, 0.717) is 6.42 Å². The van der Waals surface area contributed by atoms with E-state index in [1.807, 2.05) is 12.1 Å². The number of nitrogens with two attached hydrogens (primary N) is 1. The summed E-state index contributed by atoms with van der Waals surface area (Å²) in [7, 11) is -2.85. The van der Waals surface area contributed by atoms with Crippen LogP contribution in [0.1, 0.15) is 25.3 Å². The summed E-state index contributed by atoms with van der Waals surface area (Å²) in [6.07, 6.45) is 1.42. The zero-order chi connectivity index (χ0) is 14.3. The van der Waals surface area contributed by atoms with Crippen molar-refractivity contribution in [2.45, 2.75) is 37.6 Å². The molecule has 0 amide bonds. The molecule has 0 aliphatic heterocycles. The number of hydrogen-bond acceptors (Lipinski definition) is 4. The van der Waals surface area contributed by atoms with Crippen LogP contribution in [0.5, 0.6) is 0 Å². The standard InChI is InChI=1S/C14H23NO2S2/c1-3-19(16,17)10-6-8-13(15)11-18-14-9-5-4-7-12(14)2/h4-5,7,9,13H,3,6,8,10-11,15H2,1-2H3. The van der Waals surface area contributed by atoms with Gasteiger partial charge in [-0.3, -0.25) is 0 Å². The first-order valence-corrected chi connectivity index (χ1v) is 9.39. The first kappa shape index (κ1) is 16.5. The van der Waals surface area contributed by atoms with Crippen LogP contribution >= 0.6 is 11.8 Å². The summed E-state index contributed by atoms with van der Waals surface area (Å²) in [5, 5.41) is 0. The fraction of sp³-hybridized carbons (Fsp3) is 0.571. The monoisotopic (exact) mass is 301 g/mol. The zero-order valence-corrected chi connectivity index (χ0v) is 13.3. The van der Waals surface area contributed by atoms with E-state index in [1.54, 1.807) is 18.7 Å². The molecule has 0 aliphatic rings. The van der Waals surface area contributed by atoms with Gasteiger partial charge >= 0.3 is 0 Å². The van der Waals surface area contributed by atoms with E-state index in [9.17, 15) is 8.42 Å². The molecule has 0 spiro atoms. The number of rotatable bonds is 8. The maximum Gasteiger partial charge on any atom is 0.150 e. The molecule has 0 heterocycles. The number of sulfone groups is 1. The van der Waals surface area contributed by atoms with Crippen molar-refractivity contribution < 1.29 is 8.42 Å². The molecule has 0 saturated heterocycles. The average molecular weight is 301 g/mol. The average Bonchev–Trinajstić information content (AvgIpc) is 2.37. The smallest absolute Gasteiger partial charge is 0.150 e. The van der Waals surface area contributed by atoms with Gasteiger partial charge in [-0.2, -0.15) is 0 Å². The van der Waals surface area contributed by atoms with Crippen LogP contribution in [0.25, 0.3) is 0 Å². The SMILES string of the molecule is CCS(=O)(=O)CCCC(N)CSc1ccccc1C. The predicted molar refractivity (Wildman–Crippen MR) is 83.4 cm³/mol. The van der Waals surface area contributed by atoms with Crippen LogP contribution < -0.4 is 5.73 Å². The summed E-state index contributed by atoms with van der Waals surface area (Å²) in [6, 6.07) is 8.27. The van der Waals surface area contributed by atoms with Gasteiger partial charge < -0.3 is 5.73 Å². The minimum atomic E-state index is -2.85. The number of thioether (sulfide) groups is 1. The van der Waals surface area contributed by atoms with E-state index < -0.39 is 9.84 Å². The summed E-state index contributed by atoms with van der Waals surface area (Å²) in [5.41, 5.74) is 7.28. The van der Waals surface area contributed by atoms with Crippen LogP contribution in [0.2, 0.25) is 0 Å².